The molecule has 0 unspecified atom stereocenters. The number of hydrogen-bond donors (Lipinski definition) is 0. The van der Waals surface area contributed by atoms with Crippen LogP contribution in [0.15, 0.2) is 120 Å². The molecule has 0 saturated heterocycles. The van der Waals surface area contributed by atoms with Crippen molar-refractivity contribution < 1.29 is 9.53 Å². The van der Waals surface area contributed by atoms with Gasteiger partial charge in [-0.15, -0.1) is 0 Å². The molecule has 0 N–H and O–H groups in total. The highest BCUT2D eigenvalue weighted by atomic mass is 16.5. The third-order valence-electron chi connectivity index (χ3n) is 6.02. The van der Waals surface area contributed by atoms with Crippen molar-refractivity contribution >= 4 is 16.9 Å². The largest absolute Gasteiger partial charge is 0.457 e. The molecule has 1 aromatic heterocycles. The van der Waals surface area contributed by atoms with Crippen LogP contribution in [0.4, 0.5) is 0 Å². The lowest BCUT2D eigenvalue weighted by Gasteiger charge is -2.15. The topological polar surface area (TPSA) is 48.3 Å². The van der Waals surface area contributed by atoms with Crippen molar-refractivity contribution in [2.75, 3.05) is 0 Å². The van der Waals surface area contributed by atoms with E-state index in [2.05, 4.69) is 12.1 Å². The molecular formula is C31H25NO3. The lowest BCUT2D eigenvalue weighted by atomic mass is 10.0. The predicted octanol–water partition coefficient (Wildman–Crippen LogP) is 6.00. The van der Waals surface area contributed by atoms with Crippen LogP contribution in [-0.4, -0.2) is 10.5 Å². The molecule has 4 aromatic carbocycles. The number of aromatic nitrogens is 1. The number of carbonyl (C=O) groups excluding carboxylic acids is 1. The molecule has 0 aliphatic carbocycles. The monoisotopic (exact) mass is 459 g/mol. The smallest absolute Gasteiger partial charge is 0.343 e. The highest BCUT2D eigenvalue weighted by Crippen LogP contribution is 2.19. The molecule has 0 aliphatic rings. The van der Waals surface area contributed by atoms with Crippen LogP contribution in [0.1, 0.15) is 32.6 Å². The van der Waals surface area contributed by atoms with Crippen LogP contribution in [0, 0.1) is 0 Å². The van der Waals surface area contributed by atoms with E-state index < -0.39 is 5.97 Å². The molecule has 0 amide bonds. The lowest BCUT2D eigenvalue weighted by molar-refractivity contribution is 0.0470. The molecule has 0 aliphatic heterocycles. The van der Waals surface area contributed by atoms with Gasteiger partial charge in [0.1, 0.15) is 12.2 Å². The Labute approximate surface area is 204 Å². The van der Waals surface area contributed by atoms with Crippen LogP contribution in [0.3, 0.4) is 0 Å². The van der Waals surface area contributed by atoms with E-state index in [0.29, 0.717) is 18.4 Å². The first-order valence-corrected chi connectivity index (χ1v) is 11.6. The van der Waals surface area contributed by atoms with Gasteiger partial charge in [-0.1, -0.05) is 97.1 Å². The number of pyridine rings is 1. The van der Waals surface area contributed by atoms with E-state index in [-0.39, 0.29) is 17.6 Å². The molecule has 0 bridgehead atoms. The van der Waals surface area contributed by atoms with Crippen molar-refractivity contribution in [1.82, 2.24) is 4.57 Å². The van der Waals surface area contributed by atoms with E-state index >= 15 is 0 Å². The Morgan fingerprint density at radius 3 is 1.94 bits per heavy atom. The van der Waals surface area contributed by atoms with Crippen molar-refractivity contribution in [2.45, 2.75) is 19.6 Å². The van der Waals surface area contributed by atoms with Crippen LogP contribution < -0.4 is 5.43 Å². The SMILES string of the molecule is O=C(OCc1ccccc1)c1cn(Cc2ccccc2)c2ccc(Cc3ccccc3)cc2c1=O. The summed E-state index contributed by atoms with van der Waals surface area (Å²) in [6.45, 7) is 0.651. The van der Waals surface area contributed by atoms with E-state index in [4.69, 9.17) is 4.74 Å². The fourth-order valence-corrected chi connectivity index (χ4v) is 4.24. The van der Waals surface area contributed by atoms with Gasteiger partial charge < -0.3 is 9.30 Å². The normalized spacial score (nSPS) is 10.9. The van der Waals surface area contributed by atoms with Crippen molar-refractivity contribution in [3.8, 4) is 0 Å². The van der Waals surface area contributed by atoms with Gasteiger partial charge in [0.15, 0.2) is 0 Å². The summed E-state index contributed by atoms with van der Waals surface area (Å²) in [6, 6.07) is 35.5. The Bertz CT molecular complexity index is 1510. The second-order valence-corrected chi connectivity index (χ2v) is 8.56. The number of fused-ring (bicyclic) bond motifs is 1. The minimum atomic E-state index is -0.615. The van der Waals surface area contributed by atoms with E-state index in [9.17, 15) is 9.59 Å². The number of rotatable bonds is 7. The minimum Gasteiger partial charge on any atom is -0.457 e. The van der Waals surface area contributed by atoms with Gasteiger partial charge in [-0.25, -0.2) is 4.79 Å². The summed E-state index contributed by atoms with van der Waals surface area (Å²) in [5, 5.41) is 0.517. The number of carbonyl (C=O) groups is 1. The van der Waals surface area contributed by atoms with E-state index in [0.717, 1.165) is 27.8 Å². The van der Waals surface area contributed by atoms with Crippen LogP contribution in [-0.2, 0) is 24.3 Å². The summed E-state index contributed by atoms with van der Waals surface area (Å²) in [7, 11) is 0. The number of esters is 1. The fourth-order valence-electron chi connectivity index (χ4n) is 4.24. The molecule has 172 valence electrons. The number of nitrogens with zero attached hydrogens (tertiary/aromatic N) is 1. The molecule has 4 heteroatoms. The van der Waals surface area contributed by atoms with E-state index in [1.165, 1.54) is 0 Å². The van der Waals surface area contributed by atoms with Crippen molar-refractivity contribution in [1.29, 1.82) is 0 Å². The van der Waals surface area contributed by atoms with E-state index in [1.54, 1.807) is 6.20 Å². The standard InChI is InChI=1S/C31H25NO3/c33-30-27-19-26(18-23-10-4-1-5-11-23)16-17-29(27)32(20-24-12-6-2-7-13-24)21-28(30)31(34)35-22-25-14-8-3-9-15-25/h1-17,19,21H,18,20,22H2. The van der Waals surface area contributed by atoms with Gasteiger partial charge in [-0.05, 0) is 40.8 Å². The summed E-state index contributed by atoms with van der Waals surface area (Å²) in [5.74, 6) is -0.615. The molecule has 0 radical (unpaired) electrons. The van der Waals surface area contributed by atoms with Gasteiger partial charge in [-0.2, -0.15) is 0 Å². The maximum Gasteiger partial charge on any atom is 0.343 e. The van der Waals surface area contributed by atoms with Crippen molar-refractivity contribution in [3.63, 3.8) is 0 Å². The van der Waals surface area contributed by atoms with Crippen LogP contribution in [0.2, 0.25) is 0 Å². The summed E-state index contributed by atoms with van der Waals surface area (Å²) >= 11 is 0. The molecule has 5 aromatic rings. The summed E-state index contributed by atoms with van der Waals surface area (Å²) < 4.78 is 7.48. The van der Waals surface area contributed by atoms with Crippen molar-refractivity contribution in [2.24, 2.45) is 0 Å². The Hall–Kier alpha value is -4.44. The Morgan fingerprint density at radius 2 is 1.29 bits per heavy atom. The van der Waals surface area contributed by atoms with Crippen molar-refractivity contribution in [3.05, 3.63) is 153 Å². The third kappa shape index (κ3) is 5.22. The number of hydrogen-bond acceptors (Lipinski definition) is 3. The van der Waals surface area contributed by atoms with Crippen LogP contribution in [0.25, 0.3) is 10.9 Å². The number of benzene rings is 4. The highest BCUT2D eigenvalue weighted by molar-refractivity contribution is 5.94. The summed E-state index contributed by atoms with van der Waals surface area (Å²) in [6.07, 6.45) is 2.33. The second kappa shape index (κ2) is 10.2. The molecule has 1 heterocycles. The van der Waals surface area contributed by atoms with Crippen LogP contribution in [0.5, 0.6) is 0 Å². The highest BCUT2D eigenvalue weighted by Gasteiger charge is 2.18. The molecular weight excluding hydrogens is 434 g/mol. The van der Waals surface area contributed by atoms with Gasteiger partial charge >= 0.3 is 5.97 Å². The zero-order valence-electron chi connectivity index (χ0n) is 19.3. The molecule has 0 spiro atoms. The molecule has 0 atom stereocenters. The van der Waals surface area contributed by atoms with Gasteiger partial charge in [0.05, 0.1) is 5.52 Å². The van der Waals surface area contributed by atoms with Gasteiger partial charge in [0, 0.05) is 18.1 Å². The fraction of sp³-hybridized carbons (Fsp3) is 0.0968. The average molecular weight is 460 g/mol. The van der Waals surface area contributed by atoms with E-state index in [1.807, 2.05) is 102 Å². The maximum atomic E-state index is 13.5. The zero-order chi connectivity index (χ0) is 24.0. The molecule has 0 fully saturated rings. The van der Waals surface area contributed by atoms with Gasteiger partial charge in [0.25, 0.3) is 0 Å². The first-order chi connectivity index (χ1) is 17.2. The summed E-state index contributed by atoms with van der Waals surface area (Å²) in [5.41, 5.74) is 4.65. The average Bonchev–Trinajstić information content (AvgIpc) is 2.91. The first kappa shape index (κ1) is 22.4. The molecule has 4 nitrogen and oxygen atoms in total. The Morgan fingerprint density at radius 1 is 0.686 bits per heavy atom. The lowest BCUT2D eigenvalue weighted by Crippen LogP contribution is -2.21. The number of ether oxygens (including phenoxy) is 1. The molecule has 0 saturated carbocycles. The first-order valence-electron chi connectivity index (χ1n) is 11.6. The van der Waals surface area contributed by atoms with Gasteiger partial charge in [0.2, 0.25) is 5.43 Å². The Kier molecular flexibility index (Phi) is 6.53. The zero-order valence-corrected chi connectivity index (χ0v) is 19.3. The maximum absolute atomic E-state index is 13.5. The summed E-state index contributed by atoms with van der Waals surface area (Å²) in [4.78, 5) is 26.5. The second-order valence-electron chi connectivity index (χ2n) is 8.56. The molecule has 5 rings (SSSR count). The third-order valence-corrected chi connectivity index (χ3v) is 6.02. The molecule has 35 heavy (non-hydrogen) atoms. The predicted molar refractivity (Wildman–Crippen MR) is 139 cm³/mol. The van der Waals surface area contributed by atoms with Crippen LogP contribution >= 0.6 is 0 Å². The Balaban J connectivity index is 1.54. The minimum absolute atomic E-state index is 0.0428. The van der Waals surface area contributed by atoms with Gasteiger partial charge in [-0.3, -0.25) is 4.79 Å². The quantitative estimate of drug-likeness (QED) is 0.281.